The van der Waals surface area contributed by atoms with Crippen molar-refractivity contribution < 1.29 is 33.3 Å². The van der Waals surface area contributed by atoms with Gasteiger partial charge in [-0.1, -0.05) is 12.1 Å². The van der Waals surface area contributed by atoms with Crippen LogP contribution >= 0.6 is 0 Å². The molecule has 3 amide bonds. The van der Waals surface area contributed by atoms with E-state index >= 15 is 0 Å². The lowest BCUT2D eigenvalue weighted by Gasteiger charge is -2.39. The molecule has 0 saturated carbocycles. The fourth-order valence-electron chi connectivity index (χ4n) is 6.28. The Morgan fingerprint density at radius 3 is 2.55 bits per heavy atom. The third kappa shape index (κ3) is 7.80. The Kier molecular flexibility index (Phi) is 10.0. The maximum absolute atomic E-state index is 13.9. The van der Waals surface area contributed by atoms with Gasteiger partial charge in [-0.25, -0.2) is 4.68 Å². The summed E-state index contributed by atoms with van der Waals surface area (Å²) < 4.78 is 25.3. The van der Waals surface area contributed by atoms with Gasteiger partial charge < -0.3 is 34.5 Å². The molecule has 1 saturated heterocycles. The zero-order valence-electron chi connectivity index (χ0n) is 28.2. The predicted molar refractivity (Wildman–Crippen MR) is 182 cm³/mol. The van der Waals surface area contributed by atoms with Crippen molar-refractivity contribution in [2.75, 3.05) is 33.9 Å². The minimum absolute atomic E-state index is 0.111. The SMILES string of the molecule is COc1cc2ccc1CNC(=O)CCc1ccc(OC)c(c1)OCC(=O)N[C@@H]1CN(C(=O)c3cccc(-n4nc(C)cc4C)c3)CC[C@@H]1O2. The van der Waals surface area contributed by atoms with Gasteiger partial charge in [-0.3, -0.25) is 14.4 Å². The van der Waals surface area contributed by atoms with Crippen molar-refractivity contribution in [3.05, 3.63) is 94.8 Å². The molecule has 1 fully saturated rings. The number of fused-ring (bicyclic) bond motifs is 9. The van der Waals surface area contributed by atoms with Crippen molar-refractivity contribution in [2.45, 2.75) is 51.8 Å². The first-order valence-electron chi connectivity index (χ1n) is 16.3. The second-order valence-electron chi connectivity index (χ2n) is 12.3. The number of ether oxygens (including phenoxy) is 4. The molecule has 4 aromatic rings. The van der Waals surface area contributed by atoms with Crippen LogP contribution < -0.4 is 29.6 Å². The van der Waals surface area contributed by atoms with Gasteiger partial charge >= 0.3 is 0 Å². The molecule has 4 bridgehead atoms. The number of carbonyl (C=O) groups excluding carboxylic acids is 3. The van der Waals surface area contributed by atoms with Gasteiger partial charge in [0.25, 0.3) is 11.8 Å². The summed E-state index contributed by atoms with van der Waals surface area (Å²) in [6.45, 7) is 4.55. The van der Waals surface area contributed by atoms with E-state index in [1.165, 1.54) is 7.11 Å². The summed E-state index contributed by atoms with van der Waals surface area (Å²) in [7, 11) is 3.09. The first-order chi connectivity index (χ1) is 23.7. The van der Waals surface area contributed by atoms with E-state index in [1.54, 1.807) is 36.3 Å². The molecule has 0 radical (unpaired) electrons. The lowest BCUT2D eigenvalue weighted by atomic mass is 10.00. The largest absolute Gasteiger partial charge is 0.496 e. The molecule has 256 valence electrons. The number of likely N-dealkylation sites (tertiary alicyclic amines) is 1. The third-order valence-corrected chi connectivity index (χ3v) is 8.78. The monoisotopic (exact) mass is 667 g/mol. The molecule has 3 aliphatic heterocycles. The van der Waals surface area contributed by atoms with Gasteiger partial charge in [0.15, 0.2) is 18.1 Å². The molecular formula is C37H41N5O7. The van der Waals surface area contributed by atoms with Crippen molar-refractivity contribution in [3.63, 3.8) is 0 Å². The molecule has 3 aliphatic rings. The molecule has 49 heavy (non-hydrogen) atoms. The van der Waals surface area contributed by atoms with E-state index < -0.39 is 12.1 Å². The zero-order chi connectivity index (χ0) is 34.5. The number of nitrogens with one attached hydrogen (secondary N) is 2. The molecule has 0 unspecified atom stereocenters. The molecule has 12 nitrogen and oxygen atoms in total. The van der Waals surface area contributed by atoms with Gasteiger partial charge in [-0.05, 0) is 74.4 Å². The highest BCUT2D eigenvalue weighted by molar-refractivity contribution is 5.95. The Morgan fingerprint density at radius 1 is 0.939 bits per heavy atom. The molecule has 0 aliphatic carbocycles. The highest BCUT2D eigenvalue weighted by Crippen LogP contribution is 2.30. The molecule has 12 heteroatoms. The van der Waals surface area contributed by atoms with Crippen LogP contribution in [0.2, 0.25) is 0 Å². The van der Waals surface area contributed by atoms with Crippen LogP contribution in [0, 0.1) is 13.8 Å². The van der Waals surface area contributed by atoms with E-state index in [1.807, 2.05) is 61.0 Å². The number of methoxy groups -OCH3 is 2. The molecule has 4 heterocycles. The summed E-state index contributed by atoms with van der Waals surface area (Å²) >= 11 is 0. The summed E-state index contributed by atoms with van der Waals surface area (Å²) in [5.41, 5.74) is 4.84. The Labute approximate surface area is 285 Å². The summed E-state index contributed by atoms with van der Waals surface area (Å²) in [6, 6.07) is 19.7. The Hall–Kier alpha value is -5.52. The fraction of sp³-hybridized carbons (Fsp3) is 0.351. The average molecular weight is 668 g/mol. The predicted octanol–water partition coefficient (Wildman–Crippen LogP) is 3.93. The number of carbonyl (C=O) groups is 3. The number of aryl methyl sites for hydroxylation is 3. The second kappa shape index (κ2) is 14.7. The van der Waals surface area contributed by atoms with Gasteiger partial charge in [0.05, 0.1) is 31.6 Å². The average Bonchev–Trinajstić information content (AvgIpc) is 3.46. The maximum atomic E-state index is 13.9. The third-order valence-electron chi connectivity index (χ3n) is 8.78. The van der Waals surface area contributed by atoms with Crippen LogP contribution in [0.15, 0.2) is 66.7 Å². The Balaban J connectivity index is 1.26. The van der Waals surface area contributed by atoms with Crippen LogP contribution in [0.1, 0.15) is 45.7 Å². The van der Waals surface area contributed by atoms with E-state index in [0.29, 0.717) is 54.5 Å². The number of hydrogen-bond acceptors (Lipinski definition) is 8. The van der Waals surface area contributed by atoms with Gasteiger partial charge in [-0.15, -0.1) is 0 Å². The van der Waals surface area contributed by atoms with Gasteiger partial charge in [0, 0.05) is 55.4 Å². The van der Waals surface area contributed by atoms with Crippen molar-refractivity contribution in [1.82, 2.24) is 25.3 Å². The van der Waals surface area contributed by atoms with Gasteiger partial charge in [0.1, 0.15) is 17.6 Å². The minimum atomic E-state index is -0.548. The molecule has 7 rings (SSSR count). The van der Waals surface area contributed by atoms with E-state index in [9.17, 15) is 14.4 Å². The summed E-state index contributed by atoms with van der Waals surface area (Å²) in [6.07, 6.45) is 0.746. The van der Waals surface area contributed by atoms with E-state index in [-0.39, 0.29) is 37.3 Å². The highest BCUT2D eigenvalue weighted by atomic mass is 16.5. The standard InChI is InChI=1S/C37H41N5O7/c1-23-16-24(2)42(40-23)28-7-5-6-26(18-28)37(45)41-15-14-31-30(21-41)39-36(44)22-48-34-17-25(8-12-32(34)46-3)9-13-35(43)38-20-27-10-11-29(49-31)19-33(27)47-4/h5-8,10-12,16-19,30-31H,9,13-15,20-22H2,1-4H3,(H,38,43)(H,39,44)/t30-,31+/m1/s1. The highest BCUT2D eigenvalue weighted by Gasteiger charge is 2.35. The van der Waals surface area contributed by atoms with Gasteiger partial charge in [-0.2, -0.15) is 5.10 Å². The number of rotatable bonds is 4. The molecule has 2 N–H and O–H groups in total. The van der Waals surface area contributed by atoms with E-state index in [2.05, 4.69) is 15.7 Å². The lowest BCUT2D eigenvalue weighted by molar-refractivity contribution is -0.125. The Bertz CT molecular complexity index is 1850. The number of nitrogens with zero attached hydrogens (tertiary/aromatic N) is 3. The Morgan fingerprint density at radius 2 is 1.78 bits per heavy atom. The number of piperidine rings is 1. The molecular weight excluding hydrogens is 626 g/mol. The van der Waals surface area contributed by atoms with E-state index in [4.69, 9.17) is 18.9 Å². The van der Waals surface area contributed by atoms with Crippen LogP contribution in [-0.4, -0.2) is 78.5 Å². The van der Waals surface area contributed by atoms with Crippen molar-refractivity contribution in [1.29, 1.82) is 0 Å². The molecule has 0 spiro atoms. The second-order valence-corrected chi connectivity index (χ2v) is 12.3. The van der Waals surface area contributed by atoms with Crippen LogP contribution in [-0.2, 0) is 22.6 Å². The topological polar surface area (TPSA) is 133 Å². The molecule has 3 aromatic carbocycles. The number of benzene rings is 3. The van der Waals surface area contributed by atoms with Crippen LogP contribution in [0.25, 0.3) is 5.69 Å². The number of hydrogen-bond donors (Lipinski definition) is 2. The first kappa shape index (κ1) is 33.4. The lowest BCUT2D eigenvalue weighted by Crippen LogP contribution is -2.58. The molecule has 2 atom stereocenters. The smallest absolute Gasteiger partial charge is 0.258 e. The summed E-state index contributed by atoms with van der Waals surface area (Å²) in [5.74, 6) is 1.34. The summed E-state index contributed by atoms with van der Waals surface area (Å²) in [5, 5.41) is 10.6. The van der Waals surface area contributed by atoms with Crippen LogP contribution in [0.3, 0.4) is 0 Å². The summed E-state index contributed by atoms with van der Waals surface area (Å²) in [4.78, 5) is 41.7. The maximum Gasteiger partial charge on any atom is 0.258 e. The normalized spacial score (nSPS) is 18.4. The quantitative estimate of drug-likeness (QED) is 0.335. The van der Waals surface area contributed by atoms with Crippen molar-refractivity contribution >= 4 is 17.7 Å². The fourth-order valence-corrected chi connectivity index (χ4v) is 6.28. The van der Waals surface area contributed by atoms with Crippen LogP contribution in [0.4, 0.5) is 0 Å². The van der Waals surface area contributed by atoms with Crippen LogP contribution in [0.5, 0.6) is 23.0 Å². The van der Waals surface area contributed by atoms with Crippen molar-refractivity contribution in [2.24, 2.45) is 0 Å². The van der Waals surface area contributed by atoms with Crippen molar-refractivity contribution in [3.8, 4) is 28.7 Å². The number of amides is 3. The van der Waals surface area contributed by atoms with E-state index in [0.717, 1.165) is 28.2 Å². The minimum Gasteiger partial charge on any atom is -0.496 e. The molecule has 1 aromatic heterocycles. The van der Waals surface area contributed by atoms with Gasteiger partial charge in [0.2, 0.25) is 5.91 Å². The number of aromatic nitrogens is 2. The first-order valence-corrected chi connectivity index (χ1v) is 16.3. The zero-order valence-corrected chi connectivity index (χ0v) is 28.2.